The Hall–Kier alpha value is 8.60. The van der Waals surface area contributed by atoms with Crippen LogP contribution in [-0.2, 0) is 0 Å². The van der Waals surface area contributed by atoms with E-state index in [0.29, 0.717) is 2.74 Å². The van der Waals surface area contributed by atoms with Gasteiger partial charge in [-0.25, -0.2) is 0 Å². The Balaban J connectivity index is 0. The normalized spacial score (nSPS) is 17.5. The van der Waals surface area contributed by atoms with Gasteiger partial charge in [0.1, 0.15) is 0 Å². The topological polar surface area (TPSA) is 0 Å². The van der Waals surface area contributed by atoms with E-state index in [2.05, 4.69) is 154 Å². The molecule has 0 unspecified atom stereocenters. The van der Waals surface area contributed by atoms with Crippen molar-refractivity contribution in [1.82, 2.24) is 0 Å². The molecule has 0 aromatic carbocycles. The zero-order chi connectivity index (χ0) is 35.1. The molecule has 0 atom stereocenters. The number of hydrogen-bond donors (Lipinski definition) is 0. The maximum atomic E-state index is 2.24. The Morgan fingerprint density at radius 1 is 0.574 bits per heavy atom. The van der Waals surface area contributed by atoms with Gasteiger partial charge in [-0.15, -0.1) is 141 Å². The minimum absolute atomic E-state index is 0.0511. The van der Waals surface area contributed by atoms with Crippen molar-refractivity contribution >= 4 is 261 Å². The second-order valence-electron chi connectivity index (χ2n) is 7.82. The van der Waals surface area contributed by atoms with Gasteiger partial charge in [-0.1, -0.05) is 34.6 Å². The molecule has 0 aromatic heterocycles. The van der Waals surface area contributed by atoms with Crippen molar-refractivity contribution in [1.29, 1.82) is 0 Å². The molecule has 4 rings (SSSR count). The summed E-state index contributed by atoms with van der Waals surface area (Å²) in [5, 5.41) is 15.0. The summed E-state index contributed by atoms with van der Waals surface area (Å²) in [5.74, 6) is 3.72. The second-order valence-corrected chi connectivity index (χ2v) is 56.3. The van der Waals surface area contributed by atoms with Gasteiger partial charge in [0.05, 0.1) is 3.91 Å². The van der Waals surface area contributed by atoms with Crippen molar-refractivity contribution in [2.24, 2.45) is 0 Å². The minimum atomic E-state index is 0.0511. The number of hydrogen-bond acceptors (Lipinski definition) is 20. The van der Waals surface area contributed by atoms with Gasteiger partial charge in [-0.05, 0) is 28.8 Å². The van der Waals surface area contributed by atoms with Gasteiger partial charge >= 0.3 is 90.1 Å². The Kier molecular flexibility index (Phi) is 60.1. The quantitative estimate of drug-likeness (QED) is 0.0770. The third-order valence-electron chi connectivity index (χ3n) is 4.01. The average molecular weight is 1230 g/mol. The predicted octanol–water partition coefficient (Wildman–Crippen LogP) is 15.5. The zero-order valence-corrected chi connectivity index (χ0v) is 50.8. The fourth-order valence-electron chi connectivity index (χ4n) is 1.90. The van der Waals surface area contributed by atoms with E-state index < -0.39 is 0 Å². The van der Waals surface area contributed by atoms with Gasteiger partial charge in [0, 0.05) is 50.8 Å². The first-order valence-electron chi connectivity index (χ1n) is 14.3. The predicted molar refractivity (Wildman–Crippen MR) is 288 cm³/mol. The fraction of sp³-hybridized carbons (Fsp3) is 1.00. The van der Waals surface area contributed by atoms with Gasteiger partial charge in [-0.2, -0.15) is 47.0 Å². The zero-order valence-electron chi connectivity index (χ0n) is 28.7. The molecule has 4 aliphatic rings. The van der Waals surface area contributed by atoms with E-state index >= 15 is 0 Å². The molecule has 0 bridgehead atoms. The van der Waals surface area contributed by atoms with Gasteiger partial charge in [-0.3, -0.25) is 0 Å². The molecular weight excluding hydrogens is 1180 g/mol. The third kappa shape index (κ3) is 45.5. The molecule has 22 heteroatoms. The summed E-state index contributed by atoms with van der Waals surface area (Å²) in [6.07, 6.45) is 6.50. The fourth-order valence-corrected chi connectivity index (χ4v) is 33.3. The second kappa shape index (κ2) is 49.0. The van der Waals surface area contributed by atoms with Crippen LogP contribution in [0.5, 0.6) is 0 Å². The van der Waals surface area contributed by atoms with Crippen LogP contribution < -0.4 is 0 Å². The molecule has 4 heterocycles. The summed E-state index contributed by atoms with van der Waals surface area (Å²) in [6.45, 7) is 11.2. The summed E-state index contributed by atoms with van der Waals surface area (Å²) < 4.78 is 1.34. The molecule has 282 valence electrons. The van der Waals surface area contributed by atoms with Crippen LogP contribution >= 0.6 is 224 Å². The molecule has 4 aliphatic heterocycles. The van der Waals surface area contributed by atoms with Crippen LogP contribution in [0.25, 0.3) is 0 Å². The van der Waals surface area contributed by atoms with Gasteiger partial charge in [0.2, 0.25) is 0 Å². The van der Waals surface area contributed by atoms with Crippen molar-refractivity contribution in [3.63, 3.8) is 0 Å². The molecule has 0 aliphatic carbocycles. The Morgan fingerprint density at radius 3 is 1.09 bits per heavy atom. The van der Waals surface area contributed by atoms with Gasteiger partial charge in [0.15, 0.2) is 2.74 Å². The van der Waals surface area contributed by atoms with Crippen LogP contribution in [0.15, 0.2) is 0 Å². The van der Waals surface area contributed by atoms with Crippen molar-refractivity contribution in [2.45, 2.75) is 46.5 Å². The Labute approximate surface area is 391 Å². The first-order valence-corrected chi connectivity index (χ1v) is 50.3. The number of rotatable bonds is 17. The Morgan fingerprint density at radius 2 is 0.936 bits per heavy atom. The van der Waals surface area contributed by atoms with Crippen molar-refractivity contribution in [2.75, 3.05) is 92.0 Å². The summed E-state index contributed by atoms with van der Waals surface area (Å²) in [5.41, 5.74) is 0. The van der Waals surface area contributed by atoms with Crippen LogP contribution in [0.2, 0.25) is 0 Å². The molecule has 0 aromatic rings. The third-order valence-corrected chi connectivity index (χ3v) is 51.0. The Bertz CT molecular complexity index is 507. The number of thioether (sulfide) groups is 16. The molecule has 0 nitrogen and oxygen atoms in total. The van der Waals surface area contributed by atoms with E-state index in [1.165, 1.54) is 73.2 Å². The van der Waals surface area contributed by atoms with Crippen LogP contribution in [0.3, 0.4) is 0 Å². The van der Waals surface area contributed by atoms with E-state index in [4.69, 9.17) is 0 Å². The van der Waals surface area contributed by atoms with Gasteiger partial charge < -0.3 is 0 Å². The van der Waals surface area contributed by atoms with Crippen molar-refractivity contribution in [3.8, 4) is 0 Å². The summed E-state index contributed by atoms with van der Waals surface area (Å²) in [6, 6.07) is 0. The monoisotopic (exact) mass is 1230 g/mol. The molecular formula is C25H54S20Sn2. The summed E-state index contributed by atoms with van der Waals surface area (Å²) >= 11 is 33.1. The molecule has 1 spiro atoms. The molecule has 4 fully saturated rings. The van der Waals surface area contributed by atoms with Crippen molar-refractivity contribution in [3.05, 3.63) is 0 Å². The van der Waals surface area contributed by atoms with E-state index in [1.54, 1.807) is 0 Å². The maximum absolute atomic E-state index is 2.24. The van der Waals surface area contributed by atoms with E-state index in [-0.39, 0.29) is 36.8 Å². The molecule has 4 saturated heterocycles. The van der Waals surface area contributed by atoms with Crippen molar-refractivity contribution < 1.29 is 0 Å². The molecule has 0 amide bonds. The van der Waals surface area contributed by atoms with E-state index in [9.17, 15) is 0 Å². The van der Waals surface area contributed by atoms with Crippen LogP contribution in [-0.4, -0.2) is 141 Å². The first kappa shape index (κ1) is 57.7. The summed E-state index contributed by atoms with van der Waals surface area (Å²) in [7, 11) is 8.41. The van der Waals surface area contributed by atoms with Crippen LogP contribution in [0.1, 0.15) is 34.6 Å². The first-order chi connectivity index (χ1) is 22.9. The molecule has 0 saturated carbocycles. The molecule has 0 N–H and O–H groups in total. The average Bonchev–Trinajstić information content (AvgIpc) is 2.95. The van der Waals surface area contributed by atoms with E-state index in [1.807, 2.05) is 124 Å². The standard InChI is InChI=1S/C10H22S6.C5H12S2.C4H8S4.C3H4S4.CH4S2.2CH4S.2Sn/c1-4-11-7-14-10(15-8-12-5-2)16-9-13-6-3;1-5(2)7-4-6-3;1-5-2-7-4-8-3-6-1;1-4-3(5-1)6-2-7-3;2-1-3;2*1-2;;/h10H,4-9H2,1-3H3;5H,4H2,1-3H3;1-4H2;1-2H2;2-3H,1H2;2*2H,1H3;;/q;;;;;;;2*+2/p-4. The SMILES string of the molecule is C1SC2(S1)SCS2.C1SCSCSCS1.C1[S][Sn][S]1.CCSCSC(SCSCC)SCSCC.CSCSC(C)C.C[S][Sn][S]C. The van der Waals surface area contributed by atoms with E-state index in [0.717, 1.165) is 9.16 Å². The molecule has 47 heavy (non-hydrogen) atoms. The summed E-state index contributed by atoms with van der Waals surface area (Å²) in [4.78, 5) is 0. The van der Waals surface area contributed by atoms with Gasteiger partial charge in [0.25, 0.3) is 0 Å². The van der Waals surface area contributed by atoms with Crippen LogP contribution in [0.4, 0.5) is 0 Å². The van der Waals surface area contributed by atoms with Crippen LogP contribution in [0, 0.1) is 0 Å². The molecule has 4 radical (unpaired) electrons.